The van der Waals surface area contributed by atoms with Gasteiger partial charge in [-0.2, -0.15) is 5.10 Å². The van der Waals surface area contributed by atoms with Crippen molar-refractivity contribution in [3.05, 3.63) is 59.1 Å². The van der Waals surface area contributed by atoms with Gasteiger partial charge in [0, 0.05) is 16.3 Å². The number of aromatic nitrogens is 2. The van der Waals surface area contributed by atoms with E-state index < -0.39 is 0 Å². The van der Waals surface area contributed by atoms with Crippen LogP contribution < -0.4 is 5.43 Å². The summed E-state index contributed by atoms with van der Waals surface area (Å²) >= 11 is 1.46. The van der Waals surface area contributed by atoms with Crippen LogP contribution in [-0.4, -0.2) is 21.5 Å². The standard InChI is InChI=1S/C18H14N4O2S/c1-11-13-7-8-16(23)14(17(13)24-22-11)9-19-21-18-20-15(10-25-18)12-5-3-2-4-6-12/h2-10,23H,1H3,(H,20,21). The molecule has 2 heterocycles. The minimum atomic E-state index is 0.0818. The summed E-state index contributed by atoms with van der Waals surface area (Å²) in [5, 5.41) is 21.6. The SMILES string of the molecule is Cc1noc2c(C=NNc3nc(-c4ccccc4)cs3)c(O)ccc12. The molecule has 0 saturated carbocycles. The minimum Gasteiger partial charge on any atom is -0.507 e. The van der Waals surface area contributed by atoms with Crippen LogP contribution in [0.5, 0.6) is 5.75 Å². The number of hydrazone groups is 1. The Labute approximate surface area is 147 Å². The lowest BCUT2D eigenvalue weighted by atomic mass is 10.1. The first-order chi connectivity index (χ1) is 12.2. The highest BCUT2D eigenvalue weighted by molar-refractivity contribution is 7.14. The molecule has 4 aromatic rings. The molecule has 0 radical (unpaired) electrons. The van der Waals surface area contributed by atoms with Crippen molar-refractivity contribution in [1.82, 2.24) is 10.1 Å². The van der Waals surface area contributed by atoms with Gasteiger partial charge in [0.1, 0.15) is 5.75 Å². The Bertz CT molecular complexity index is 1050. The van der Waals surface area contributed by atoms with Crippen LogP contribution in [0.15, 0.2) is 57.5 Å². The second kappa shape index (κ2) is 6.37. The normalized spacial score (nSPS) is 11.4. The Morgan fingerprint density at radius 1 is 1.20 bits per heavy atom. The van der Waals surface area contributed by atoms with Crippen LogP contribution in [0.2, 0.25) is 0 Å². The summed E-state index contributed by atoms with van der Waals surface area (Å²) in [6.45, 7) is 1.85. The van der Waals surface area contributed by atoms with Crippen molar-refractivity contribution in [1.29, 1.82) is 0 Å². The number of hydrogen-bond acceptors (Lipinski definition) is 7. The van der Waals surface area contributed by atoms with Gasteiger partial charge in [0.25, 0.3) is 0 Å². The molecule has 124 valence electrons. The molecule has 0 saturated heterocycles. The van der Waals surface area contributed by atoms with Crippen LogP contribution in [0.3, 0.4) is 0 Å². The third-order valence-electron chi connectivity index (χ3n) is 3.76. The van der Waals surface area contributed by atoms with E-state index in [0.29, 0.717) is 16.3 Å². The number of thiazole rings is 1. The van der Waals surface area contributed by atoms with E-state index in [9.17, 15) is 5.11 Å². The van der Waals surface area contributed by atoms with Crippen LogP contribution in [0.25, 0.3) is 22.2 Å². The number of nitrogens with one attached hydrogen (secondary N) is 1. The maximum Gasteiger partial charge on any atom is 0.203 e. The number of phenols is 1. The molecule has 2 aromatic heterocycles. The smallest absolute Gasteiger partial charge is 0.203 e. The number of phenolic OH excluding ortho intramolecular Hbond substituents is 1. The van der Waals surface area contributed by atoms with Gasteiger partial charge >= 0.3 is 0 Å². The quantitative estimate of drug-likeness (QED) is 0.421. The predicted molar refractivity (Wildman–Crippen MR) is 99.2 cm³/mol. The molecule has 6 nitrogen and oxygen atoms in total. The van der Waals surface area contributed by atoms with Gasteiger partial charge in [-0.3, -0.25) is 5.43 Å². The van der Waals surface area contributed by atoms with Gasteiger partial charge in [-0.05, 0) is 19.1 Å². The maximum absolute atomic E-state index is 10.0. The molecule has 0 atom stereocenters. The van der Waals surface area contributed by atoms with Crippen molar-refractivity contribution >= 4 is 33.7 Å². The van der Waals surface area contributed by atoms with Gasteiger partial charge in [0.15, 0.2) is 5.58 Å². The molecular formula is C18H14N4O2S. The van der Waals surface area contributed by atoms with Gasteiger partial charge in [0.2, 0.25) is 5.13 Å². The molecule has 2 N–H and O–H groups in total. The summed E-state index contributed by atoms with van der Waals surface area (Å²) in [6, 6.07) is 13.3. The zero-order valence-corrected chi connectivity index (χ0v) is 14.1. The molecule has 2 aromatic carbocycles. The van der Waals surface area contributed by atoms with Crippen LogP contribution in [0.4, 0.5) is 5.13 Å². The fraction of sp³-hybridized carbons (Fsp3) is 0.0556. The molecule has 0 unspecified atom stereocenters. The van der Waals surface area contributed by atoms with Crippen molar-refractivity contribution in [3.63, 3.8) is 0 Å². The minimum absolute atomic E-state index is 0.0818. The molecule has 0 aliphatic heterocycles. The highest BCUT2D eigenvalue weighted by atomic mass is 32.1. The van der Waals surface area contributed by atoms with Crippen molar-refractivity contribution < 1.29 is 9.63 Å². The summed E-state index contributed by atoms with van der Waals surface area (Å²) in [7, 11) is 0. The van der Waals surface area contributed by atoms with E-state index in [1.165, 1.54) is 17.6 Å². The molecule has 0 fully saturated rings. The fourth-order valence-corrected chi connectivity index (χ4v) is 3.15. The van der Waals surface area contributed by atoms with E-state index in [4.69, 9.17) is 4.52 Å². The number of benzene rings is 2. The summed E-state index contributed by atoms with van der Waals surface area (Å²) in [4.78, 5) is 4.50. The third-order valence-corrected chi connectivity index (χ3v) is 4.51. The zero-order chi connectivity index (χ0) is 17.2. The van der Waals surface area contributed by atoms with E-state index in [2.05, 4.69) is 20.7 Å². The molecule has 0 spiro atoms. The largest absolute Gasteiger partial charge is 0.507 e. The average molecular weight is 350 g/mol. The molecule has 0 aliphatic carbocycles. The van der Waals surface area contributed by atoms with Gasteiger partial charge in [-0.15, -0.1) is 11.3 Å². The van der Waals surface area contributed by atoms with Crippen LogP contribution >= 0.6 is 11.3 Å². The Hall–Kier alpha value is -3.19. The molecule has 4 rings (SSSR count). The van der Waals surface area contributed by atoms with Crippen molar-refractivity contribution in [3.8, 4) is 17.0 Å². The number of aromatic hydroxyl groups is 1. The molecular weight excluding hydrogens is 336 g/mol. The maximum atomic E-state index is 10.0. The number of nitrogens with zero attached hydrogens (tertiary/aromatic N) is 3. The average Bonchev–Trinajstić information content (AvgIpc) is 3.25. The monoisotopic (exact) mass is 350 g/mol. The van der Waals surface area contributed by atoms with E-state index in [0.717, 1.165) is 22.3 Å². The van der Waals surface area contributed by atoms with E-state index in [-0.39, 0.29) is 5.75 Å². The second-order valence-electron chi connectivity index (χ2n) is 5.42. The fourth-order valence-electron chi connectivity index (χ4n) is 2.48. The van der Waals surface area contributed by atoms with Crippen molar-refractivity contribution in [2.75, 3.05) is 5.43 Å². The topological polar surface area (TPSA) is 83.5 Å². The number of anilines is 1. The van der Waals surface area contributed by atoms with Crippen LogP contribution in [0.1, 0.15) is 11.3 Å². The summed E-state index contributed by atoms with van der Waals surface area (Å²) < 4.78 is 5.28. The summed E-state index contributed by atoms with van der Waals surface area (Å²) in [5.74, 6) is 0.0818. The lowest BCUT2D eigenvalue weighted by Gasteiger charge is -1.99. The molecule has 25 heavy (non-hydrogen) atoms. The zero-order valence-electron chi connectivity index (χ0n) is 13.3. The predicted octanol–water partition coefficient (Wildman–Crippen LogP) is 4.41. The molecule has 0 aliphatic rings. The van der Waals surface area contributed by atoms with E-state index >= 15 is 0 Å². The first-order valence-corrected chi connectivity index (χ1v) is 8.48. The molecule has 7 heteroatoms. The Balaban J connectivity index is 1.56. The van der Waals surface area contributed by atoms with E-state index in [1.807, 2.05) is 42.6 Å². The first kappa shape index (κ1) is 15.3. The van der Waals surface area contributed by atoms with Crippen LogP contribution in [0, 0.1) is 6.92 Å². The highest BCUT2D eigenvalue weighted by Gasteiger charge is 2.12. The molecule has 0 amide bonds. The highest BCUT2D eigenvalue weighted by Crippen LogP contribution is 2.28. The Morgan fingerprint density at radius 3 is 2.88 bits per heavy atom. The number of fused-ring (bicyclic) bond motifs is 1. The third kappa shape index (κ3) is 2.97. The molecule has 0 bridgehead atoms. The summed E-state index contributed by atoms with van der Waals surface area (Å²) in [5.41, 5.74) is 6.58. The van der Waals surface area contributed by atoms with Gasteiger partial charge < -0.3 is 9.63 Å². The van der Waals surface area contributed by atoms with E-state index in [1.54, 1.807) is 12.1 Å². The number of rotatable bonds is 4. The number of aryl methyl sites for hydroxylation is 1. The van der Waals surface area contributed by atoms with Crippen LogP contribution in [-0.2, 0) is 0 Å². The van der Waals surface area contributed by atoms with Crippen molar-refractivity contribution in [2.45, 2.75) is 6.92 Å². The van der Waals surface area contributed by atoms with Gasteiger partial charge in [0.05, 0.1) is 23.2 Å². The second-order valence-corrected chi connectivity index (χ2v) is 6.28. The number of hydrogen-bond donors (Lipinski definition) is 2. The Kier molecular flexibility index (Phi) is 3.91. The first-order valence-electron chi connectivity index (χ1n) is 7.60. The lowest BCUT2D eigenvalue weighted by Crippen LogP contribution is -1.91. The van der Waals surface area contributed by atoms with Crippen molar-refractivity contribution in [2.24, 2.45) is 5.10 Å². The Morgan fingerprint density at radius 2 is 2.04 bits per heavy atom. The lowest BCUT2D eigenvalue weighted by molar-refractivity contribution is 0.443. The van der Waals surface area contributed by atoms with Gasteiger partial charge in [-0.1, -0.05) is 35.5 Å². The van der Waals surface area contributed by atoms with Gasteiger partial charge in [-0.25, -0.2) is 4.98 Å². The summed E-state index contributed by atoms with van der Waals surface area (Å²) in [6.07, 6.45) is 1.51.